The smallest absolute Gasteiger partial charge is 0.334 e. The molecule has 2 saturated heterocycles. The zero-order valence-corrected chi connectivity index (χ0v) is 22.0. The van der Waals surface area contributed by atoms with Crippen LogP contribution in [0.5, 0.6) is 0 Å². The summed E-state index contributed by atoms with van der Waals surface area (Å²) in [5, 5.41) is 0. The number of fused-ring (bicyclic) bond motifs is 1. The van der Waals surface area contributed by atoms with E-state index in [0.29, 0.717) is 0 Å². The van der Waals surface area contributed by atoms with Crippen LogP contribution in [0.2, 0.25) is 0 Å². The number of alkyl halides is 2. The second-order valence-corrected chi connectivity index (χ2v) is 10.0. The molecule has 1 aromatic carbocycles. The first kappa shape index (κ1) is 29.2. The molecule has 7 atom stereocenters. The van der Waals surface area contributed by atoms with E-state index in [1.165, 1.54) is 6.08 Å². The number of benzene rings is 1. The van der Waals surface area contributed by atoms with Crippen LogP contribution >= 0.6 is 0 Å². The Bertz CT molecular complexity index is 1080. The van der Waals surface area contributed by atoms with Crippen molar-refractivity contribution in [2.24, 2.45) is 0 Å². The van der Waals surface area contributed by atoms with E-state index in [0.717, 1.165) is 25.5 Å². The fraction of sp³-hybridized carbons (Fsp3) is 0.593. The Morgan fingerprint density at radius 2 is 1.69 bits per heavy atom. The maximum atomic E-state index is 15.4. The number of carbonyl (C=O) groups excluding carboxylic acids is 3. The first-order valence-electron chi connectivity index (χ1n) is 12.6. The highest BCUT2D eigenvalue weighted by Gasteiger charge is 2.58. The van der Waals surface area contributed by atoms with Crippen molar-refractivity contribution in [3.8, 4) is 0 Å². The molecule has 3 heterocycles. The van der Waals surface area contributed by atoms with Crippen LogP contribution in [-0.2, 0) is 54.1 Å². The van der Waals surface area contributed by atoms with Gasteiger partial charge in [0.25, 0.3) is 0 Å². The highest BCUT2D eigenvalue weighted by Crippen LogP contribution is 2.41. The van der Waals surface area contributed by atoms with Gasteiger partial charge in [0, 0.05) is 20.3 Å². The molecule has 0 amide bonds. The normalized spacial score (nSPS) is 31.5. The zero-order chi connectivity index (χ0) is 28.4. The van der Waals surface area contributed by atoms with Gasteiger partial charge >= 0.3 is 17.9 Å². The molecule has 0 N–H and O–H groups in total. The monoisotopic (exact) mass is 554 g/mol. The molecule has 10 nitrogen and oxygen atoms in total. The van der Waals surface area contributed by atoms with Crippen molar-refractivity contribution in [2.75, 3.05) is 6.61 Å². The van der Waals surface area contributed by atoms with E-state index in [4.69, 9.17) is 33.2 Å². The van der Waals surface area contributed by atoms with Crippen LogP contribution in [0, 0.1) is 0 Å². The molecule has 1 unspecified atom stereocenters. The molecule has 0 bridgehead atoms. The van der Waals surface area contributed by atoms with Crippen molar-refractivity contribution >= 4 is 17.7 Å². The number of carbonyl (C=O) groups is 3. The van der Waals surface area contributed by atoms with Crippen LogP contribution in [0.25, 0.3) is 0 Å². The molecular weight excluding hydrogens is 522 g/mol. The molecule has 4 rings (SSSR count). The lowest BCUT2D eigenvalue weighted by Crippen LogP contribution is -2.51. The van der Waals surface area contributed by atoms with Crippen LogP contribution in [0.3, 0.4) is 0 Å². The molecule has 0 aliphatic carbocycles. The molecular formula is C27H32F2O10. The van der Waals surface area contributed by atoms with E-state index in [1.54, 1.807) is 13.8 Å². The minimum absolute atomic E-state index is 0.146. The number of hydrogen-bond acceptors (Lipinski definition) is 10. The van der Waals surface area contributed by atoms with Gasteiger partial charge in [0.2, 0.25) is 5.78 Å². The SMILES string of the molecule is CC(=O)OC[C@H]1OC(C(F)(F)C(=O)C[C@H]2O[C@@H]3OC(C)(C)O[C@@H]3[C@H]2OCc2ccccc2)C=C[C@@H]1OC(C)=O. The second-order valence-electron chi connectivity index (χ2n) is 10.0. The fourth-order valence-corrected chi connectivity index (χ4v) is 4.65. The van der Waals surface area contributed by atoms with Gasteiger partial charge in [-0.25, -0.2) is 0 Å². The molecule has 0 radical (unpaired) electrons. The van der Waals surface area contributed by atoms with Gasteiger partial charge in [0.05, 0.1) is 12.7 Å². The van der Waals surface area contributed by atoms with Crippen molar-refractivity contribution in [1.82, 2.24) is 0 Å². The van der Waals surface area contributed by atoms with Crippen molar-refractivity contribution in [3.63, 3.8) is 0 Å². The summed E-state index contributed by atoms with van der Waals surface area (Å²) in [5.74, 6) is -7.77. The predicted octanol–water partition coefficient (Wildman–Crippen LogP) is 2.86. The molecule has 1 aromatic rings. The van der Waals surface area contributed by atoms with Crippen molar-refractivity contribution in [3.05, 3.63) is 48.0 Å². The van der Waals surface area contributed by atoms with Crippen LogP contribution in [0.15, 0.2) is 42.5 Å². The number of ketones is 1. The van der Waals surface area contributed by atoms with Gasteiger partial charge in [-0.15, -0.1) is 0 Å². The van der Waals surface area contributed by atoms with Gasteiger partial charge in [-0.3, -0.25) is 14.4 Å². The Morgan fingerprint density at radius 1 is 0.974 bits per heavy atom. The number of esters is 2. The van der Waals surface area contributed by atoms with E-state index in [1.807, 2.05) is 30.3 Å². The minimum Gasteiger partial charge on any atom is -0.463 e. The largest absolute Gasteiger partial charge is 0.463 e. The third-order valence-electron chi connectivity index (χ3n) is 6.40. The fourth-order valence-electron chi connectivity index (χ4n) is 4.65. The van der Waals surface area contributed by atoms with Gasteiger partial charge in [-0.2, -0.15) is 8.78 Å². The molecule has 0 aromatic heterocycles. The summed E-state index contributed by atoms with van der Waals surface area (Å²) in [6.07, 6.45) is -6.41. The van der Waals surface area contributed by atoms with Gasteiger partial charge in [0.1, 0.15) is 37.1 Å². The molecule has 3 aliphatic rings. The predicted molar refractivity (Wildman–Crippen MR) is 128 cm³/mol. The average molecular weight is 555 g/mol. The molecule has 2 fully saturated rings. The summed E-state index contributed by atoms with van der Waals surface area (Å²) in [6.45, 7) is 5.36. The van der Waals surface area contributed by atoms with E-state index >= 15 is 8.78 Å². The van der Waals surface area contributed by atoms with E-state index in [9.17, 15) is 14.4 Å². The Kier molecular flexibility index (Phi) is 8.82. The molecule has 214 valence electrons. The standard InChI is InChI=1S/C27H32F2O10/c1-15(30)33-14-20-18(35-16(2)31)10-11-22(36-20)27(28,29)21(32)12-19-23(34-13-17-8-6-5-7-9-17)24-25(37-19)39-26(3,4)38-24/h5-11,18-20,22-25H,12-14H2,1-4H3/t18-,19+,20+,22?,23-,24+,25+/m0/s1. The van der Waals surface area contributed by atoms with Crippen LogP contribution < -0.4 is 0 Å². The molecule has 0 saturated carbocycles. The van der Waals surface area contributed by atoms with Gasteiger partial charge in [-0.05, 0) is 31.6 Å². The highest BCUT2D eigenvalue weighted by molar-refractivity contribution is 5.87. The Balaban J connectivity index is 1.46. The second kappa shape index (κ2) is 11.8. The molecule has 0 spiro atoms. The van der Waals surface area contributed by atoms with Crippen LogP contribution in [-0.4, -0.2) is 79.0 Å². The quantitative estimate of drug-likeness (QED) is 0.316. The topological polar surface area (TPSA) is 116 Å². The summed E-state index contributed by atoms with van der Waals surface area (Å²) in [6, 6.07) is 9.22. The maximum absolute atomic E-state index is 15.4. The summed E-state index contributed by atoms with van der Waals surface area (Å²) in [5.41, 5.74) is 0.844. The van der Waals surface area contributed by atoms with Crippen molar-refractivity contribution in [1.29, 1.82) is 0 Å². The molecule has 3 aliphatic heterocycles. The number of Topliss-reactive ketones (excluding diaryl/α,β-unsaturated/α-hetero) is 1. The Morgan fingerprint density at radius 3 is 2.36 bits per heavy atom. The Hall–Kier alpha value is -2.77. The third kappa shape index (κ3) is 7.06. The van der Waals surface area contributed by atoms with E-state index in [2.05, 4.69) is 0 Å². The Labute approximate surface area is 224 Å². The number of rotatable bonds is 10. The van der Waals surface area contributed by atoms with Crippen LogP contribution in [0.1, 0.15) is 39.7 Å². The lowest BCUT2D eigenvalue weighted by Gasteiger charge is -2.34. The van der Waals surface area contributed by atoms with Gasteiger partial charge < -0.3 is 33.2 Å². The maximum Gasteiger partial charge on any atom is 0.334 e. The van der Waals surface area contributed by atoms with E-state index < -0.39 is 85.4 Å². The summed E-state index contributed by atoms with van der Waals surface area (Å²) in [7, 11) is 0. The van der Waals surface area contributed by atoms with Gasteiger partial charge in [0.15, 0.2) is 12.1 Å². The molecule has 39 heavy (non-hydrogen) atoms. The zero-order valence-electron chi connectivity index (χ0n) is 22.0. The highest BCUT2D eigenvalue weighted by atomic mass is 19.3. The molecule has 12 heteroatoms. The summed E-state index contributed by atoms with van der Waals surface area (Å²) in [4.78, 5) is 35.6. The lowest BCUT2D eigenvalue weighted by molar-refractivity contribution is -0.222. The number of hydrogen-bond donors (Lipinski definition) is 0. The first-order valence-corrected chi connectivity index (χ1v) is 12.6. The first-order chi connectivity index (χ1) is 18.4. The van der Waals surface area contributed by atoms with Crippen LogP contribution in [0.4, 0.5) is 8.78 Å². The van der Waals surface area contributed by atoms with E-state index in [-0.39, 0.29) is 6.61 Å². The minimum atomic E-state index is -3.99. The summed E-state index contributed by atoms with van der Waals surface area (Å²) < 4.78 is 69.6. The lowest BCUT2D eigenvalue weighted by atomic mass is 9.96. The third-order valence-corrected chi connectivity index (χ3v) is 6.40. The van der Waals surface area contributed by atoms with Crippen molar-refractivity contribution in [2.45, 2.75) is 95.3 Å². The van der Waals surface area contributed by atoms with Gasteiger partial charge in [-0.1, -0.05) is 30.3 Å². The number of ether oxygens (including phenoxy) is 7. The number of halogens is 2. The average Bonchev–Trinajstić information content (AvgIpc) is 3.32. The van der Waals surface area contributed by atoms with Crippen molar-refractivity contribution < 1.29 is 56.3 Å². The summed E-state index contributed by atoms with van der Waals surface area (Å²) >= 11 is 0.